The molecular formula is C13H17N5O4S. The zero-order valence-corrected chi connectivity index (χ0v) is 13.5. The molecular weight excluding hydrogens is 322 g/mol. The molecule has 124 valence electrons. The van der Waals surface area contributed by atoms with E-state index in [2.05, 4.69) is 25.2 Å². The maximum atomic E-state index is 11.7. The number of nitrogens with one attached hydrogen (secondary N) is 2. The maximum absolute atomic E-state index is 11.7. The van der Waals surface area contributed by atoms with Crippen molar-refractivity contribution in [3.63, 3.8) is 0 Å². The minimum absolute atomic E-state index is 0.0125. The predicted octanol–water partition coefficient (Wildman–Crippen LogP) is 0.248. The Morgan fingerprint density at radius 2 is 2.17 bits per heavy atom. The summed E-state index contributed by atoms with van der Waals surface area (Å²) in [5, 5.41) is 6.47. The lowest BCUT2D eigenvalue weighted by molar-refractivity contribution is -0.121. The van der Waals surface area contributed by atoms with Crippen LogP contribution in [0.4, 0.5) is 0 Å². The summed E-state index contributed by atoms with van der Waals surface area (Å²) < 4.78 is 29.2. The van der Waals surface area contributed by atoms with E-state index in [1.165, 1.54) is 0 Å². The first kappa shape index (κ1) is 17.0. The summed E-state index contributed by atoms with van der Waals surface area (Å²) in [5.41, 5.74) is 0.568. The van der Waals surface area contributed by atoms with Crippen LogP contribution in [0.25, 0.3) is 11.5 Å². The van der Waals surface area contributed by atoms with Gasteiger partial charge in [-0.05, 0) is 19.1 Å². The van der Waals surface area contributed by atoms with E-state index in [0.29, 0.717) is 11.5 Å². The molecule has 0 fully saturated rings. The molecule has 0 bridgehead atoms. The fourth-order valence-corrected chi connectivity index (χ4v) is 2.21. The highest BCUT2D eigenvalue weighted by atomic mass is 32.2. The molecule has 0 aromatic carbocycles. The van der Waals surface area contributed by atoms with E-state index in [9.17, 15) is 13.2 Å². The lowest BCUT2D eigenvalue weighted by Crippen LogP contribution is -2.31. The predicted molar refractivity (Wildman–Crippen MR) is 81.6 cm³/mol. The van der Waals surface area contributed by atoms with Crippen molar-refractivity contribution in [1.29, 1.82) is 0 Å². The molecule has 2 N–H and O–H groups in total. The molecule has 0 saturated carbocycles. The standard InChI is InChI=1S/C13H17N5O4S/c1-9(16-11(19)6-8-15-23(2,20)21)13-17-12(18-22-13)10-5-3-4-7-14-10/h3-5,7,9,15H,6,8H2,1-2H3,(H,16,19). The van der Waals surface area contributed by atoms with Crippen molar-refractivity contribution < 1.29 is 17.7 Å². The fraction of sp³-hybridized carbons (Fsp3) is 0.385. The number of hydrogen-bond donors (Lipinski definition) is 2. The third kappa shape index (κ3) is 5.42. The number of aromatic nitrogens is 3. The first-order valence-electron chi connectivity index (χ1n) is 6.84. The molecule has 9 nitrogen and oxygen atoms in total. The minimum Gasteiger partial charge on any atom is -0.345 e. The Kier molecular flexibility index (Phi) is 5.40. The molecule has 1 unspecified atom stereocenters. The second kappa shape index (κ2) is 7.29. The molecule has 10 heteroatoms. The lowest BCUT2D eigenvalue weighted by Gasteiger charge is -2.09. The number of rotatable bonds is 7. The fourth-order valence-electron chi connectivity index (χ4n) is 1.74. The van der Waals surface area contributed by atoms with Crippen LogP contribution in [0.3, 0.4) is 0 Å². The smallest absolute Gasteiger partial charge is 0.249 e. The summed E-state index contributed by atoms with van der Waals surface area (Å²) in [7, 11) is -3.31. The topological polar surface area (TPSA) is 127 Å². The van der Waals surface area contributed by atoms with Crippen LogP contribution in [-0.2, 0) is 14.8 Å². The van der Waals surface area contributed by atoms with Gasteiger partial charge in [0.15, 0.2) is 0 Å². The minimum atomic E-state index is -3.31. The average Bonchev–Trinajstić information content (AvgIpc) is 2.96. The molecule has 0 spiro atoms. The highest BCUT2D eigenvalue weighted by molar-refractivity contribution is 7.88. The van der Waals surface area contributed by atoms with Gasteiger partial charge in [-0.2, -0.15) is 4.98 Å². The van der Waals surface area contributed by atoms with Crippen LogP contribution in [0.1, 0.15) is 25.3 Å². The van der Waals surface area contributed by atoms with Gasteiger partial charge in [-0.25, -0.2) is 13.1 Å². The monoisotopic (exact) mass is 339 g/mol. The molecule has 0 aliphatic heterocycles. The quantitative estimate of drug-likeness (QED) is 0.740. The van der Waals surface area contributed by atoms with Crippen LogP contribution in [0.15, 0.2) is 28.9 Å². The summed E-state index contributed by atoms with van der Waals surface area (Å²) in [5.74, 6) is 0.252. The van der Waals surface area contributed by atoms with Crippen molar-refractivity contribution in [3.05, 3.63) is 30.3 Å². The Hall–Kier alpha value is -2.33. The SMILES string of the molecule is CC(NC(=O)CCNS(C)(=O)=O)c1nc(-c2ccccn2)no1. The summed E-state index contributed by atoms with van der Waals surface area (Å²) >= 11 is 0. The van der Waals surface area contributed by atoms with Crippen LogP contribution in [0.5, 0.6) is 0 Å². The molecule has 2 aromatic heterocycles. The number of carbonyl (C=O) groups excluding carboxylic acids is 1. The van der Waals surface area contributed by atoms with Gasteiger partial charge in [0.05, 0.1) is 6.26 Å². The zero-order valence-electron chi connectivity index (χ0n) is 12.7. The highest BCUT2D eigenvalue weighted by Crippen LogP contribution is 2.16. The van der Waals surface area contributed by atoms with Crippen molar-refractivity contribution >= 4 is 15.9 Å². The van der Waals surface area contributed by atoms with Crippen LogP contribution in [-0.4, -0.2) is 42.3 Å². The second-order valence-corrected chi connectivity index (χ2v) is 6.71. The molecule has 0 saturated heterocycles. The van der Waals surface area contributed by atoms with Crippen molar-refractivity contribution in [2.45, 2.75) is 19.4 Å². The Bertz CT molecular complexity index is 760. The number of pyridine rings is 1. The summed E-state index contributed by atoms with van der Waals surface area (Å²) in [4.78, 5) is 20.0. The Morgan fingerprint density at radius 3 is 2.83 bits per heavy atom. The van der Waals surface area contributed by atoms with Crippen LogP contribution in [0, 0.1) is 0 Å². The molecule has 0 aliphatic carbocycles. The normalized spacial score (nSPS) is 12.8. The summed E-state index contributed by atoms with van der Waals surface area (Å²) in [6.45, 7) is 1.72. The largest absolute Gasteiger partial charge is 0.345 e. The number of hydrogen-bond acceptors (Lipinski definition) is 7. The van der Waals surface area contributed by atoms with Gasteiger partial charge in [0, 0.05) is 19.2 Å². The van der Waals surface area contributed by atoms with Gasteiger partial charge < -0.3 is 9.84 Å². The van der Waals surface area contributed by atoms with Gasteiger partial charge in [-0.15, -0.1) is 0 Å². The summed E-state index contributed by atoms with van der Waals surface area (Å²) in [6.07, 6.45) is 2.66. The third-order valence-corrected chi connectivity index (χ3v) is 3.53. The van der Waals surface area contributed by atoms with Crippen LogP contribution < -0.4 is 10.0 Å². The summed E-state index contributed by atoms with van der Waals surface area (Å²) in [6, 6.07) is 4.83. The first-order chi connectivity index (χ1) is 10.8. The van der Waals surface area contributed by atoms with Crippen molar-refractivity contribution in [2.75, 3.05) is 12.8 Å². The van der Waals surface area contributed by atoms with Gasteiger partial charge >= 0.3 is 0 Å². The molecule has 23 heavy (non-hydrogen) atoms. The lowest BCUT2D eigenvalue weighted by atomic mass is 10.3. The highest BCUT2D eigenvalue weighted by Gasteiger charge is 2.17. The zero-order chi connectivity index (χ0) is 16.9. The van der Waals surface area contributed by atoms with Crippen LogP contribution in [0.2, 0.25) is 0 Å². The van der Waals surface area contributed by atoms with E-state index in [0.717, 1.165) is 6.26 Å². The molecule has 2 heterocycles. The van der Waals surface area contributed by atoms with Crippen molar-refractivity contribution in [1.82, 2.24) is 25.2 Å². The second-order valence-electron chi connectivity index (χ2n) is 4.88. The van der Waals surface area contributed by atoms with E-state index >= 15 is 0 Å². The molecule has 0 radical (unpaired) electrons. The van der Waals surface area contributed by atoms with Crippen LogP contribution >= 0.6 is 0 Å². The number of nitrogens with zero attached hydrogens (tertiary/aromatic N) is 3. The van der Waals surface area contributed by atoms with E-state index in [1.807, 2.05) is 0 Å². The van der Waals surface area contributed by atoms with E-state index < -0.39 is 16.1 Å². The van der Waals surface area contributed by atoms with Gasteiger partial charge in [0.25, 0.3) is 0 Å². The van der Waals surface area contributed by atoms with Crippen molar-refractivity contribution in [2.24, 2.45) is 0 Å². The number of amides is 1. The molecule has 2 rings (SSSR count). The van der Waals surface area contributed by atoms with Gasteiger partial charge in [0.1, 0.15) is 11.7 Å². The molecule has 1 amide bonds. The molecule has 1 atom stereocenters. The Morgan fingerprint density at radius 1 is 1.39 bits per heavy atom. The van der Waals surface area contributed by atoms with Crippen molar-refractivity contribution in [3.8, 4) is 11.5 Å². The maximum Gasteiger partial charge on any atom is 0.249 e. The average molecular weight is 339 g/mol. The van der Waals surface area contributed by atoms with E-state index in [-0.39, 0.29) is 24.8 Å². The Labute approximate surface area is 133 Å². The van der Waals surface area contributed by atoms with E-state index in [1.54, 1.807) is 31.3 Å². The third-order valence-electron chi connectivity index (χ3n) is 2.80. The van der Waals surface area contributed by atoms with E-state index in [4.69, 9.17) is 4.52 Å². The van der Waals surface area contributed by atoms with Gasteiger partial charge in [-0.1, -0.05) is 11.2 Å². The number of carbonyl (C=O) groups is 1. The Balaban J connectivity index is 1.90. The van der Waals surface area contributed by atoms with Gasteiger partial charge in [0.2, 0.25) is 27.6 Å². The first-order valence-corrected chi connectivity index (χ1v) is 8.73. The number of sulfonamides is 1. The van der Waals surface area contributed by atoms with Gasteiger partial charge in [-0.3, -0.25) is 9.78 Å². The molecule has 0 aliphatic rings. The molecule has 2 aromatic rings.